The number of fused-ring (bicyclic) bond motifs is 1. The molecule has 0 amide bonds. The molecule has 17 heavy (non-hydrogen) atoms. The molecule has 1 nitrogen and oxygen atoms in total. The molecule has 0 heterocycles. The maximum Gasteiger partial charge on any atom is 0.119 e. The van der Waals surface area contributed by atoms with Crippen molar-refractivity contribution in [3.63, 3.8) is 0 Å². The van der Waals surface area contributed by atoms with Gasteiger partial charge in [-0.3, -0.25) is 0 Å². The van der Waals surface area contributed by atoms with E-state index in [2.05, 4.69) is 25.1 Å². The quantitative estimate of drug-likeness (QED) is 0.781. The third-order valence-corrected chi connectivity index (χ3v) is 3.82. The second kappa shape index (κ2) is 3.92. The Labute approximate surface area is 102 Å². The van der Waals surface area contributed by atoms with Crippen molar-refractivity contribution in [1.82, 2.24) is 0 Å². The molecule has 3 rings (SSSR count). The van der Waals surface area contributed by atoms with Crippen LogP contribution in [0, 0.1) is 6.92 Å². The Kier molecular flexibility index (Phi) is 2.40. The Morgan fingerprint density at radius 3 is 2.59 bits per heavy atom. The zero-order chi connectivity index (χ0) is 11.8. The molecule has 1 atom stereocenters. The number of hydrogen-bond acceptors (Lipinski definition) is 1. The normalized spacial score (nSPS) is 18.1. The lowest BCUT2D eigenvalue weighted by atomic mass is 9.91. The number of para-hydroxylation sites is 1. The van der Waals surface area contributed by atoms with Crippen molar-refractivity contribution in [2.24, 2.45) is 0 Å². The van der Waals surface area contributed by atoms with E-state index in [4.69, 9.17) is 0 Å². The summed E-state index contributed by atoms with van der Waals surface area (Å²) >= 11 is 0. The van der Waals surface area contributed by atoms with E-state index in [1.165, 1.54) is 16.7 Å². The highest BCUT2D eigenvalue weighted by Crippen LogP contribution is 2.42. The fourth-order valence-corrected chi connectivity index (χ4v) is 2.94. The van der Waals surface area contributed by atoms with Gasteiger partial charge >= 0.3 is 0 Å². The first-order valence-corrected chi connectivity index (χ1v) is 6.13. The van der Waals surface area contributed by atoms with Crippen molar-refractivity contribution in [2.75, 3.05) is 0 Å². The lowest BCUT2D eigenvalue weighted by Gasteiger charge is -2.14. The molecule has 0 aliphatic heterocycles. The van der Waals surface area contributed by atoms with Gasteiger partial charge in [-0.25, -0.2) is 0 Å². The standard InChI is InChI=1S/C16H16O/c1-11-5-4-7-13-12(11)9-10-14(13)15-6-2-3-8-16(15)17/h2-8,14,17H,9-10H2,1H3. The van der Waals surface area contributed by atoms with Gasteiger partial charge in [0.05, 0.1) is 0 Å². The molecule has 0 saturated carbocycles. The number of phenols is 1. The molecule has 0 spiro atoms. The third-order valence-electron chi connectivity index (χ3n) is 3.82. The summed E-state index contributed by atoms with van der Waals surface area (Å²) in [5.74, 6) is 0.790. The van der Waals surface area contributed by atoms with Gasteiger partial charge in [0.1, 0.15) is 5.75 Å². The average Bonchev–Trinajstić information content (AvgIpc) is 2.75. The highest BCUT2D eigenvalue weighted by Gasteiger charge is 2.26. The van der Waals surface area contributed by atoms with E-state index in [0.29, 0.717) is 11.7 Å². The van der Waals surface area contributed by atoms with E-state index in [1.807, 2.05) is 18.2 Å². The van der Waals surface area contributed by atoms with E-state index in [0.717, 1.165) is 18.4 Å². The van der Waals surface area contributed by atoms with Crippen LogP contribution in [0.15, 0.2) is 42.5 Å². The lowest BCUT2D eigenvalue weighted by molar-refractivity contribution is 0.464. The molecule has 1 aliphatic carbocycles. The highest BCUT2D eigenvalue weighted by molar-refractivity contribution is 5.49. The summed E-state index contributed by atoms with van der Waals surface area (Å²) in [6.07, 6.45) is 2.23. The maximum atomic E-state index is 9.97. The largest absolute Gasteiger partial charge is 0.508 e. The SMILES string of the molecule is Cc1cccc2c1CCC2c1ccccc1O. The van der Waals surface area contributed by atoms with Crippen molar-refractivity contribution >= 4 is 0 Å². The van der Waals surface area contributed by atoms with Gasteiger partial charge in [0.15, 0.2) is 0 Å². The number of rotatable bonds is 1. The lowest BCUT2D eigenvalue weighted by Crippen LogP contribution is -1.96. The van der Waals surface area contributed by atoms with Crippen LogP contribution in [0.3, 0.4) is 0 Å². The van der Waals surface area contributed by atoms with Crippen molar-refractivity contribution in [2.45, 2.75) is 25.7 Å². The summed E-state index contributed by atoms with van der Waals surface area (Å²) in [5, 5.41) is 9.97. The molecular formula is C16H16O. The Bertz CT molecular complexity index is 557. The molecule has 1 aliphatic rings. The number of aryl methyl sites for hydroxylation is 1. The molecule has 1 heteroatoms. The summed E-state index contributed by atoms with van der Waals surface area (Å²) in [6, 6.07) is 14.2. The maximum absolute atomic E-state index is 9.97. The van der Waals surface area contributed by atoms with Crippen LogP contribution in [0.1, 0.15) is 34.6 Å². The Hall–Kier alpha value is -1.76. The van der Waals surface area contributed by atoms with Gasteiger partial charge in [0.25, 0.3) is 0 Å². The fourth-order valence-electron chi connectivity index (χ4n) is 2.94. The van der Waals surface area contributed by atoms with Crippen molar-refractivity contribution in [3.8, 4) is 5.75 Å². The summed E-state index contributed by atoms with van der Waals surface area (Å²) in [4.78, 5) is 0. The first-order valence-electron chi connectivity index (χ1n) is 6.13. The van der Waals surface area contributed by atoms with Crippen LogP contribution < -0.4 is 0 Å². The van der Waals surface area contributed by atoms with Crippen LogP contribution in [-0.2, 0) is 6.42 Å². The number of hydrogen-bond donors (Lipinski definition) is 1. The third kappa shape index (κ3) is 1.62. The van der Waals surface area contributed by atoms with E-state index in [1.54, 1.807) is 6.07 Å². The molecule has 0 bridgehead atoms. The topological polar surface area (TPSA) is 20.2 Å². The average molecular weight is 224 g/mol. The number of benzene rings is 2. The molecule has 1 N–H and O–H groups in total. The summed E-state index contributed by atoms with van der Waals surface area (Å²) in [7, 11) is 0. The van der Waals surface area contributed by atoms with Gasteiger partial charge in [-0.1, -0.05) is 36.4 Å². The zero-order valence-electron chi connectivity index (χ0n) is 9.98. The van der Waals surface area contributed by atoms with Gasteiger partial charge in [-0.05, 0) is 42.5 Å². The molecule has 2 aromatic rings. The number of aromatic hydroxyl groups is 1. The van der Waals surface area contributed by atoms with Gasteiger partial charge in [-0.2, -0.15) is 0 Å². The van der Waals surface area contributed by atoms with Crippen LogP contribution in [0.4, 0.5) is 0 Å². The Balaban J connectivity index is 2.11. The molecule has 0 fully saturated rings. The second-order valence-corrected chi connectivity index (χ2v) is 4.79. The predicted molar refractivity (Wildman–Crippen MR) is 69.4 cm³/mol. The molecular weight excluding hydrogens is 208 g/mol. The summed E-state index contributed by atoms with van der Waals surface area (Å²) in [6.45, 7) is 2.17. The van der Waals surface area contributed by atoms with E-state index in [9.17, 15) is 5.11 Å². The molecule has 0 saturated heterocycles. The molecule has 0 radical (unpaired) electrons. The molecule has 2 aromatic carbocycles. The minimum absolute atomic E-state index is 0.367. The molecule has 0 aromatic heterocycles. The van der Waals surface area contributed by atoms with Gasteiger partial charge in [0, 0.05) is 11.5 Å². The molecule has 1 unspecified atom stereocenters. The van der Waals surface area contributed by atoms with Crippen molar-refractivity contribution in [3.05, 3.63) is 64.7 Å². The van der Waals surface area contributed by atoms with Crippen LogP contribution in [-0.4, -0.2) is 5.11 Å². The van der Waals surface area contributed by atoms with Gasteiger partial charge in [0.2, 0.25) is 0 Å². The number of phenolic OH excluding ortho intramolecular Hbond substituents is 1. The minimum Gasteiger partial charge on any atom is -0.508 e. The van der Waals surface area contributed by atoms with Crippen molar-refractivity contribution in [1.29, 1.82) is 0 Å². The summed E-state index contributed by atoms with van der Waals surface area (Å²) in [5.41, 5.74) is 5.31. The van der Waals surface area contributed by atoms with E-state index < -0.39 is 0 Å². The predicted octanol–water partition coefficient (Wildman–Crippen LogP) is 3.78. The molecule has 86 valence electrons. The van der Waals surface area contributed by atoms with Crippen LogP contribution >= 0.6 is 0 Å². The van der Waals surface area contributed by atoms with Crippen molar-refractivity contribution < 1.29 is 5.11 Å². The zero-order valence-corrected chi connectivity index (χ0v) is 9.98. The Morgan fingerprint density at radius 1 is 1.00 bits per heavy atom. The van der Waals surface area contributed by atoms with E-state index >= 15 is 0 Å². The smallest absolute Gasteiger partial charge is 0.119 e. The Morgan fingerprint density at radius 2 is 1.76 bits per heavy atom. The summed E-state index contributed by atoms with van der Waals surface area (Å²) < 4.78 is 0. The minimum atomic E-state index is 0.367. The van der Waals surface area contributed by atoms with Gasteiger partial charge in [-0.15, -0.1) is 0 Å². The van der Waals surface area contributed by atoms with E-state index in [-0.39, 0.29) is 0 Å². The second-order valence-electron chi connectivity index (χ2n) is 4.79. The highest BCUT2D eigenvalue weighted by atomic mass is 16.3. The first kappa shape index (κ1) is 10.4. The monoisotopic (exact) mass is 224 g/mol. The van der Waals surface area contributed by atoms with Crippen LogP contribution in [0.2, 0.25) is 0 Å². The fraction of sp³-hybridized carbons (Fsp3) is 0.250. The van der Waals surface area contributed by atoms with Gasteiger partial charge < -0.3 is 5.11 Å². The van der Waals surface area contributed by atoms with Crippen LogP contribution in [0.5, 0.6) is 5.75 Å². The first-order chi connectivity index (χ1) is 8.27. The van der Waals surface area contributed by atoms with Crippen LogP contribution in [0.25, 0.3) is 0 Å².